The molecule has 4 rings (SSSR count). The molecular weight excluding hydrogens is 362 g/mol. The number of pyridine rings is 1. The number of nitrogens with zero attached hydrogens (tertiary/aromatic N) is 2. The zero-order valence-corrected chi connectivity index (χ0v) is 17.6. The first-order valence-electron chi connectivity index (χ1n) is 10.6. The number of nitrogens with one attached hydrogen (secondary N) is 1. The molecule has 0 bridgehead atoms. The van der Waals surface area contributed by atoms with Crippen molar-refractivity contribution in [2.75, 3.05) is 13.1 Å². The van der Waals surface area contributed by atoms with Gasteiger partial charge in [-0.25, -0.2) is 0 Å². The predicted molar refractivity (Wildman–Crippen MR) is 113 cm³/mol. The Labute approximate surface area is 173 Å². The SMILES string of the molecule is CC(C)(C)c1cc2c(c([C@@H]3CCCN3)c1)CN(C(=O)C(O)c1ccncc1)CC2. The lowest BCUT2D eigenvalue weighted by Crippen LogP contribution is -2.40. The molecule has 0 radical (unpaired) electrons. The first kappa shape index (κ1) is 20.0. The number of hydrogen-bond donors (Lipinski definition) is 2. The first-order valence-corrected chi connectivity index (χ1v) is 10.6. The van der Waals surface area contributed by atoms with E-state index in [1.807, 2.05) is 4.90 Å². The Bertz CT molecular complexity index is 883. The minimum absolute atomic E-state index is 0.0902. The van der Waals surface area contributed by atoms with E-state index in [-0.39, 0.29) is 11.3 Å². The van der Waals surface area contributed by atoms with E-state index in [0.29, 0.717) is 24.7 Å². The van der Waals surface area contributed by atoms with Gasteiger partial charge in [0.25, 0.3) is 5.91 Å². The average Bonchev–Trinajstić information content (AvgIpc) is 3.26. The second-order valence-corrected chi connectivity index (χ2v) is 9.29. The highest BCUT2D eigenvalue weighted by molar-refractivity contribution is 5.82. The Morgan fingerprint density at radius 2 is 2.03 bits per heavy atom. The van der Waals surface area contributed by atoms with E-state index >= 15 is 0 Å². The summed E-state index contributed by atoms with van der Waals surface area (Å²) in [4.78, 5) is 18.8. The summed E-state index contributed by atoms with van der Waals surface area (Å²) in [6.07, 6.45) is 5.22. The van der Waals surface area contributed by atoms with Gasteiger partial charge in [-0.1, -0.05) is 32.9 Å². The zero-order chi connectivity index (χ0) is 20.6. The number of benzene rings is 1. The highest BCUT2D eigenvalue weighted by Gasteiger charge is 2.31. The summed E-state index contributed by atoms with van der Waals surface area (Å²) >= 11 is 0. The number of carbonyl (C=O) groups is 1. The van der Waals surface area contributed by atoms with E-state index in [1.54, 1.807) is 24.5 Å². The molecule has 2 aromatic rings. The largest absolute Gasteiger partial charge is 0.378 e. The van der Waals surface area contributed by atoms with Crippen molar-refractivity contribution in [3.8, 4) is 0 Å². The van der Waals surface area contributed by atoms with Crippen LogP contribution in [0.15, 0.2) is 36.7 Å². The second kappa shape index (κ2) is 7.88. The van der Waals surface area contributed by atoms with Crippen molar-refractivity contribution in [1.29, 1.82) is 0 Å². The molecule has 2 aliphatic rings. The molecule has 0 spiro atoms. The molecule has 2 atom stereocenters. The van der Waals surface area contributed by atoms with Crippen LogP contribution in [0.1, 0.15) is 73.6 Å². The fraction of sp³-hybridized carbons (Fsp3) is 0.500. The number of rotatable bonds is 3. The van der Waals surface area contributed by atoms with Crippen LogP contribution in [0.4, 0.5) is 0 Å². The van der Waals surface area contributed by atoms with E-state index in [9.17, 15) is 9.90 Å². The Kier molecular flexibility index (Phi) is 5.45. The zero-order valence-electron chi connectivity index (χ0n) is 17.6. The lowest BCUT2D eigenvalue weighted by Gasteiger charge is -2.34. The molecule has 0 saturated carbocycles. The maximum Gasteiger partial charge on any atom is 0.256 e. The van der Waals surface area contributed by atoms with Crippen LogP contribution in [-0.2, 0) is 23.2 Å². The van der Waals surface area contributed by atoms with Crippen LogP contribution in [0, 0.1) is 0 Å². The molecule has 0 aliphatic carbocycles. The molecule has 29 heavy (non-hydrogen) atoms. The summed E-state index contributed by atoms with van der Waals surface area (Å²) in [7, 11) is 0. The van der Waals surface area contributed by atoms with E-state index in [4.69, 9.17) is 0 Å². The van der Waals surface area contributed by atoms with Crippen molar-refractivity contribution < 1.29 is 9.90 Å². The number of carbonyl (C=O) groups excluding carboxylic acids is 1. The van der Waals surface area contributed by atoms with Gasteiger partial charge in [0.15, 0.2) is 6.10 Å². The Morgan fingerprint density at radius 1 is 1.28 bits per heavy atom. The van der Waals surface area contributed by atoms with Crippen LogP contribution in [0.25, 0.3) is 0 Å². The van der Waals surface area contributed by atoms with Crippen LogP contribution in [0.2, 0.25) is 0 Å². The molecule has 154 valence electrons. The van der Waals surface area contributed by atoms with E-state index < -0.39 is 6.10 Å². The van der Waals surface area contributed by atoms with Gasteiger partial charge in [0, 0.05) is 31.5 Å². The minimum atomic E-state index is -1.14. The summed E-state index contributed by atoms with van der Waals surface area (Å²) < 4.78 is 0. The molecule has 1 amide bonds. The van der Waals surface area contributed by atoms with Crippen molar-refractivity contribution in [1.82, 2.24) is 15.2 Å². The molecule has 1 saturated heterocycles. The van der Waals surface area contributed by atoms with Gasteiger partial charge in [-0.15, -0.1) is 0 Å². The quantitative estimate of drug-likeness (QED) is 0.839. The van der Waals surface area contributed by atoms with Crippen LogP contribution >= 0.6 is 0 Å². The van der Waals surface area contributed by atoms with E-state index in [2.05, 4.69) is 43.2 Å². The molecule has 1 aromatic heterocycles. The molecule has 2 N–H and O–H groups in total. The van der Waals surface area contributed by atoms with Gasteiger partial charge in [-0.05, 0) is 71.2 Å². The van der Waals surface area contributed by atoms with Gasteiger partial charge in [-0.2, -0.15) is 0 Å². The first-order chi connectivity index (χ1) is 13.8. The lowest BCUT2D eigenvalue weighted by atomic mass is 9.80. The van der Waals surface area contributed by atoms with Gasteiger partial charge in [-0.3, -0.25) is 9.78 Å². The fourth-order valence-electron chi connectivity index (χ4n) is 4.44. The third-order valence-corrected chi connectivity index (χ3v) is 6.25. The smallest absolute Gasteiger partial charge is 0.256 e. The van der Waals surface area contributed by atoms with Crippen molar-refractivity contribution >= 4 is 5.91 Å². The second-order valence-electron chi connectivity index (χ2n) is 9.29. The van der Waals surface area contributed by atoms with Crippen molar-refractivity contribution in [2.45, 2.75) is 64.1 Å². The molecule has 1 aromatic carbocycles. The highest BCUT2D eigenvalue weighted by Crippen LogP contribution is 2.36. The van der Waals surface area contributed by atoms with Gasteiger partial charge in [0.2, 0.25) is 0 Å². The van der Waals surface area contributed by atoms with Gasteiger partial charge in [0.1, 0.15) is 0 Å². The average molecular weight is 394 g/mol. The van der Waals surface area contributed by atoms with Gasteiger partial charge in [0.05, 0.1) is 0 Å². The van der Waals surface area contributed by atoms with Crippen molar-refractivity contribution in [3.05, 3.63) is 64.5 Å². The molecule has 2 aliphatic heterocycles. The molecule has 5 nitrogen and oxygen atoms in total. The Hall–Kier alpha value is -2.24. The number of aliphatic hydroxyl groups excluding tert-OH is 1. The Balaban J connectivity index is 1.65. The lowest BCUT2D eigenvalue weighted by molar-refractivity contribution is -0.141. The number of aliphatic hydroxyl groups is 1. The Morgan fingerprint density at radius 3 is 2.69 bits per heavy atom. The van der Waals surface area contributed by atoms with E-state index in [0.717, 1.165) is 19.4 Å². The normalized spacial score (nSPS) is 20.4. The molecule has 1 unspecified atom stereocenters. The molecule has 3 heterocycles. The molecule has 1 fully saturated rings. The third-order valence-electron chi connectivity index (χ3n) is 6.25. The van der Waals surface area contributed by atoms with Gasteiger partial charge >= 0.3 is 0 Å². The molecular formula is C24H31N3O2. The summed E-state index contributed by atoms with van der Waals surface area (Å²) in [5, 5.41) is 14.2. The van der Waals surface area contributed by atoms with Crippen LogP contribution in [0.3, 0.4) is 0 Å². The predicted octanol–water partition coefficient (Wildman–Crippen LogP) is 3.42. The number of amides is 1. The standard InChI is InChI=1S/C24H31N3O2/c1-24(2,3)18-13-17-8-12-27(23(29)22(28)16-6-10-25-11-7-16)15-20(17)19(14-18)21-5-4-9-26-21/h6-7,10-11,13-14,21-22,26,28H,4-5,8-9,12,15H2,1-3H3/t21-,22?/m0/s1. The number of aromatic nitrogens is 1. The maximum absolute atomic E-state index is 13.0. The van der Waals surface area contributed by atoms with E-state index in [1.165, 1.54) is 28.7 Å². The third kappa shape index (κ3) is 4.07. The van der Waals surface area contributed by atoms with Crippen LogP contribution in [-0.4, -0.2) is 34.0 Å². The summed E-state index contributed by atoms with van der Waals surface area (Å²) in [5.74, 6) is -0.230. The van der Waals surface area contributed by atoms with Crippen molar-refractivity contribution in [2.24, 2.45) is 0 Å². The summed E-state index contributed by atoms with van der Waals surface area (Å²) in [5.41, 5.74) is 5.99. The van der Waals surface area contributed by atoms with Crippen LogP contribution < -0.4 is 5.32 Å². The number of hydrogen-bond acceptors (Lipinski definition) is 4. The summed E-state index contributed by atoms with van der Waals surface area (Å²) in [6.45, 7) is 9.01. The summed E-state index contributed by atoms with van der Waals surface area (Å²) in [6, 6.07) is 8.42. The van der Waals surface area contributed by atoms with Crippen LogP contribution in [0.5, 0.6) is 0 Å². The molecule has 5 heteroatoms. The maximum atomic E-state index is 13.0. The minimum Gasteiger partial charge on any atom is -0.378 e. The van der Waals surface area contributed by atoms with Crippen molar-refractivity contribution in [3.63, 3.8) is 0 Å². The highest BCUT2D eigenvalue weighted by atomic mass is 16.3. The van der Waals surface area contributed by atoms with Gasteiger partial charge < -0.3 is 15.3 Å². The fourth-order valence-corrected chi connectivity index (χ4v) is 4.44. The number of fused-ring (bicyclic) bond motifs is 1. The topological polar surface area (TPSA) is 65.5 Å². The monoisotopic (exact) mass is 393 g/mol.